The molecule has 0 fully saturated rings. The summed E-state index contributed by atoms with van der Waals surface area (Å²) in [6.07, 6.45) is 1.19. The van der Waals surface area contributed by atoms with E-state index < -0.39 is 8.96 Å². The summed E-state index contributed by atoms with van der Waals surface area (Å²) in [6.45, 7) is 4.33. The molecule has 0 aromatic heterocycles. The van der Waals surface area contributed by atoms with Crippen LogP contribution < -0.4 is 0 Å². The molecule has 0 N–H and O–H groups in total. The molecule has 61 valence electrons. The zero-order valence-electron chi connectivity index (χ0n) is 7.18. The SMILES string of the molecule is CCC[Si](C)N(OC)OC. The third kappa shape index (κ3) is 3.31. The summed E-state index contributed by atoms with van der Waals surface area (Å²) in [5, 5.41) is 0. The third-order valence-corrected chi connectivity index (χ3v) is 3.47. The molecule has 0 heterocycles. The minimum atomic E-state index is -0.592. The van der Waals surface area contributed by atoms with Crippen LogP contribution in [-0.2, 0) is 9.68 Å². The normalized spacial score (nSPS) is 11.4. The summed E-state index contributed by atoms with van der Waals surface area (Å²) < 4.78 is 0. The predicted octanol–water partition coefficient (Wildman–Crippen LogP) is 1.44. The molecule has 0 rings (SSSR count). The molecule has 0 saturated heterocycles. The fraction of sp³-hybridized carbons (Fsp3) is 1.00. The van der Waals surface area contributed by atoms with Gasteiger partial charge in [0.1, 0.15) is 0 Å². The van der Waals surface area contributed by atoms with Crippen LogP contribution >= 0.6 is 0 Å². The predicted molar refractivity (Wildman–Crippen MR) is 42.6 cm³/mol. The Kier molecular flexibility index (Phi) is 5.91. The molecule has 0 spiro atoms. The van der Waals surface area contributed by atoms with E-state index in [0.717, 1.165) is 0 Å². The van der Waals surface area contributed by atoms with Gasteiger partial charge in [-0.2, -0.15) is 0 Å². The Labute approximate surface area is 64.5 Å². The molecule has 0 unspecified atom stereocenters. The first kappa shape index (κ1) is 10.1. The molecule has 4 heteroatoms. The number of hydrogen-bond acceptors (Lipinski definition) is 3. The van der Waals surface area contributed by atoms with E-state index in [-0.39, 0.29) is 0 Å². The zero-order chi connectivity index (χ0) is 7.98. The van der Waals surface area contributed by atoms with E-state index in [1.807, 2.05) is 0 Å². The van der Waals surface area contributed by atoms with E-state index in [1.165, 1.54) is 12.5 Å². The fourth-order valence-corrected chi connectivity index (χ4v) is 2.37. The second kappa shape index (κ2) is 5.85. The quantitative estimate of drug-likeness (QED) is 0.451. The molecule has 0 aliphatic carbocycles. The summed E-state index contributed by atoms with van der Waals surface area (Å²) in [7, 11) is 2.67. The lowest BCUT2D eigenvalue weighted by Crippen LogP contribution is -2.34. The van der Waals surface area contributed by atoms with Gasteiger partial charge >= 0.3 is 0 Å². The summed E-state index contributed by atoms with van der Waals surface area (Å²) in [6, 6.07) is 1.19. The second-order valence-electron chi connectivity index (χ2n) is 2.11. The average molecular weight is 162 g/mol. The standard InChI is InChI=1S/C6H16NO2Si/c1-5-6-10(4)7(8-2)9-3/h5-6H2,1-4H3. The maximum absolute atomic E-state index is 4.97. The Morgan fingerprint density at radius 3 is 2.10 bits per heavy atom. The first-order valence-electron chi connectivity index (χ1n) is 3.47. The molecule has 0 aromatic carbocycles. The lowest BCUT2D eigenvalue weighted by molar-refractivity contribution is -0.280. The van der Waals surface area contributed by atoms with E-state index in [2.05, 4.69) is 13.5 Å². The monoisotopic (exact) mass is 162 g/mol. The van der Waals surface area contributed by atoms with E-state index in [9.17, 15) is 0 Å². The molecule has 10 heavy (non-hydrogen) atoms. The van der Waals surface area contributed by atoms with Crippen molar-refractivity contribution in [1.29, 1.82) is 0 Å². The van der Waals surface area contributed by atoms with Crippen LogP contribution in [0, 0.1) is 0 Å². The van der Waals surface area contributed by atoms with Gasteiger partial charge in [-0.05, 0) is 6.04 Å². The molecular formula is C6H16NO2Si. The van der Waals surface area contributed by atoms with Gasteiger partial charge in [-0.1, -0.05) is 19.9 Å². The molecule has 0 bridgehead atoms. The Balaban J connectivity index is 3.53. The van der Waals surface area contributed by atoms with Crippen LogP contribution in [0.15, 0.2) is 0 Å². The third-order valence-electron chi connectivity index (χ3n) is 1.26. The lowest BCUT2D eigenvalue weighted by atomic mass is 10.6. The first-order valence-corrected chi connectivity index (χ1v) is 5.62. The van der Waals surface area contributed by atoms with Gasteiger partial charge in [0.15, 0.2) is 0 Å². The molecule has 0 aliphatic rings. The van der Waals surface area contributed by atoms with Crippen molar-refractivity contribution in [2.24, 2.45) is 0 Å². The van der Waals surface area contributed by atoms with Gasteiger partial charge in [0.25, 0.3) is 0 Å². The van der Waals surface area contributed by atoms with Gasteiger partial charge < -0.3 is 0 Å². The van der Waals surface area contributed by atoms with Crippen molar-refractivity contribution in [1.82, 2.24) is 4.89 Å². The van der Waals surface area contributed by atoms with Gasteiger partial charge in [-0.3, -0.25) is 9.68 Å². The highest BCUT2D eigenvalue weighted by molar-refractivity contribution is 6.53. The average Bonchev–Trinajstić information content (AvgIpc) is 1.91. The molecule has 1 radical (unpaired) electrons. The topological polar surface area (TPSA) is 21.7 Å². The number of hydrogen-bond donors (Lipinski definition) is 0. The van der Waals surface area contributed by atoms with Crippen molar-refractivity contribution in [2.45, 2.75) is 25.9 Å². The Morgan fingerprint density at radius 1 is 1.30 bits per heavy atom. The smallest absolute Gasteiger partial charge is 0.207 e. The van der Waals surface area contributed by atoms with Gasteiger partial charge in [-0.15, -0.1) is 4.89 Å². The molecule has 0 saturated carbocycles. The molecule has 0 amide bonds. The van der Waals surface area contributed by atoms with Crippen LogP contribution in [0.5, 0.6) is 0 Å². The maximum atomic E-state index is 4.97. The van der Waals surface area contributed by atoms with Crippen LogP contribution in [0.4, 0.5) is 0 Å². The second-order valence-corrected chi connectivity index (χ2v) is 4.44. The molecule has 3 nitrogen and oxygen atoms in total. The zero-order valence-corrected chi connectivity index (χ0v) is 8.18. The minimum absolute atomic E-state index is 0.592. The lowest BCUT2D eigenvalue weighted by Gasteiger charge is -2.21. The summed E-state index contributed by atoms with van der Waals surface area (Å²) in [5.74, 6) is 0. The molecular weight excluding hydrogens is 146 g/mol. The Bertz CT molecular complexity index is 78.1. The molecule has 0 aliphatic heterocycles. The van der Waals surface area contributed by atoms with Crippen LogP contribution in [0.25, 0.3) is 0 Å². The van der Waals surface area contributed by atoms with Crippen LogP contribution in [0.2, 0.25) is 12.6 Å². The van der Waals surface area contributed by atoms with Crippen LogP contribution in [0.3, 0.4) is 0 Å². The van der Waals surface area contributed by atoms with E-state index >= 15 is 0 Å². The van der Waals surface area contributed by atoms with E-state index in [0.29, 0.717) is 0 Å². The van der Waals surface area contributed by atoms with Crippen molar-refractivity contribution in [3.8, 4) is 0 Å². The molecule has 0 atom stereocenters. The van der Waals surface area contributed by atoms with Crippen molar-refractivity contribution in [3.63, 3.8) is 0 Å². The summed E-state index contributed by atoms with van der Waals surface area (Å²) >= 11 is 0. The van der Waals surface area contributed by atoms with Crippen molar-refractivity contribution in [2.75, 3.05) is 14.2 Å². The van der Waals surface area contributed by atoms with Crippen molar-refractivity contribution < 1.29 is 9.68 Å². The van der Waals surface area contributed by atoms with Gasteiger partial charge in [0, 0.05) is 0 Å². The van der Waals surface area contributed by atoms with Crippen molar-refractivity contribution >= 4 is 8.96 Å². The van der Waals surface area contributed by atoms with Crippen LogP contribution in [-0.4, -0.2) is 28.1 Å². The highest BCUT2D eigenvalue weighted by Crippen LogP contribution is 2.02. The van der Waals surface area contributed by atoms with E-state index in [4.69, 9.17) is 9.68 Å². The highest BCUT2D eigenvalue weighted by Gasteiger charge is 2.13. The van der Waals surface area contributed by atoms with Gasteiger partial charge in [-0.25, -0.2) is 0 Å². The van der Waals surface area contributed by atoms with Gasteiger partial charge in [0.2, 0.25) is 8.96 Å². The highest BCUT2D eigenvalue weighted by atomic mass is 28.3. The maximum Gasteiger partial charge on any atom is 0.207 e. The molecule has 0 aromatic rings. The first-order chi connectivity index (χ1) is 4.76. The summed E-state index contributed by atoms with van der Waals surface area (Å²) in [4.78, 5) is 11.5. The van der Waals surface area contributed by atoms with Gasteiger partial charge in [0.05, 0.1) is 14.2 Å². The number of rotatable bonds is 5. The Morgan fingerprint density at radius 2 is 1.80 bits per heavy atom. The number of nitrogens with zero attached hydrogens (tertiary/aromatic N) is 1. The fourth-order valence-electron chi connectivity index (χ4n) is 0.839. The Hall–Kier alpha value is 0.0969. The minimum Gasteiger partial charge on any atom is -0.285 e. The summed E-state index contributed by atoms with van der Waals surface area (Å²) in [5.41, 5.74) is 0. The van der Waals surface area contributed by atoms with Crippen molar-refractivity contribution in [3.05, 3.63) is 0 Å². The van der Waals surface area contributed by atoms with E-state index in [1.54, 1.807) is 19.1 Å². The van der Waals surface area contributed by atoms with Crippen LogP contribution in [0.1, 0.15) is 13.3 Å². The largest absolute Gasteiger partial charge is 0.285 e.